The predicted molar refractivity (Wildman–Crippen MR) is 82.1 cm³/mol. The number of carbonyl (C=O) groups is 1. The molecular formula is C12H15Br2N5O. The van der Waals surface area contributed by atoms with Crippen molar-refractivity contribution >= 4 is 37.8 Å². The Bertz CT molecular complexity index is 600. The normalized spacial score (nSPS) is 10.8. The average Bonchev–Trinajstić information content (AvgIpc) is 2.90. The number of rotatable bonds is 5. The minimum atomic E-state index is -0.0873. The van der Waals surface area contributed by atoms with Crippen LogP contribution in [0.4, 0.5) is 0 Å². The van der Waals surface area contributed by atoms with Gasteiger partial charge in [-0.05, 0) is 45.7 Å². The monoisotopic (exact) mass is 403 g/mol. The van der Waals surface area contributed by atoms with Gasteiger partial charge in [0.05, 0.1) is 33.1 Å². The molecule has 0 bridgehead atoms. The van der Waals surface area contributed by atoms with Crippen LogP contribution in [0, 0.1) is 6.92 Å². The summed E-state index contributed by atoms with van der Waals surface area (Å²) in [7, 11) is 0. The third-order valence-corrected chi connectivity index (χ3v) is 4.28. The lowest BCUT2D eigenvalue weighted by atomic mass is 10.4. The fourth-order valence-corrected chi connectivity index (χ4v) is 2.55. The zero-order valence-corrected chi connectivity index (χ0v) is 14.4. The summed E-state index contributed by atoms with van der Waals surface area (Å²) >= 11 is 6.80. The average molecular weight is 405 g/mol. The minimum absolute atomic E-state index is 0.0873. The first-order valence-electron chi connectivity index (χ1n) is 6.17. The number of aryl methyl sites for hydroxylation is 2. The summed E-state index contributed by atoms with van der Waals surface area (Å²) in [6.07, 6.45) is 3.53. The first-order valence-corrected chi connectivity index (χ1v) is 7.76. The number of amides is 1. The topological polar surface area (TPSA) is 64.7 Å². The molecule has 108 valence electrons. The fraction of sp³-hybridized carbons (Fsp3) is 0.417. The highest BCUT2D eigenvalue weighted by Gasteiger charge is 2.10. The molecule has 0 aliphatic carbocycles. The molecule has 20 heavy (non-hydrogen) atoms. The molecule has 0 aromatic carbocycles. The van der Waals surface area contributed by atoms with Crippen molar-refractivity contribution in [2.75, 3.05) is 0 Å². The molecule has 0 spiro atoms. The van der Waals surface area contributed by atoms with E-state index < -0.39 is 0 Å². The Morgan fingerprint density at radius 2 is 2.15 bits per heavy atom. The predicted octanol–water partition coefficient (Wildman–Crippen LogP) is 2.25. The van der Waals surface area contributed by atoms with Crippen molar-refractivity contribution in [2.24, 2.45) is 0 Å². The van der Waals surface area contributed by atoms with Crippen molar-refractivity contribution in [1.82, 2.24) is 24.9 Å². The fourth-order valence-electron chi connectivity index (χ4n) is 1.80. The molecule has 0 atom stereocenters. The van der Waals surface area contributed by atoms with Gasteiger partial charge in [-0.1, -0.05) is 0 Å². The molecule has 6 nitrogen and oxygen atoms in total. The van der Waals surface area contributed by atoms with Crippen LogP contribution in [0.3, 0.4) is 0 Å². The highest BCUT2D eigenvalue weighted by Crippen LogP contribution is 2.16. The molecule has 1 N–H and O–H groups in total. The van der Waals surface area contributed by atoms with Crippen LogP contribution < -0.4 is 5.32 Å². The number of hydrogen-bond acceptors (Lipinski definition) is 3. The molecule has 2 heterocycles. The Hall–Kier alpha value is -1.15. The van der Waals surface area contributed by atoms with E-state index in [1.165, 1.54) is 0 Å². The van der Waals surface area contributed by atoms with Crippen molar-refractivity contribution < 1.29 is 4.79 Å². The maximum absolute atomic E-state index is 11.9. The molecule has 1 amide bonds. The van der Waals surface area contributed by atoms with Gasteiger partial charge >= 0.3 is 0 Å². The Morgan fingerprint density at radius 1 is 1.40 bits per heavy atom. The van der Waals surface area contributed by atoms with E-state index in [1.54, 1.807) is 17.1 Å². The molecule has 2 rings (SSSR count). The summed E-state index contributed by atoms with van der Waals surface area (Å²) in [6, 6.07) is 0. The SMILES string of the molecule is CCn1ncc(Br)c1CNC(=O)Cn1cc(Br)c(C)n1. The summed E-state index contributed by atoms with van der Waals surface area (Å²) in [5.41, 5.74) is 1.82. The number of nitrogens with zero attached hydrogens (tertiary/aromatic N) is 4. The molecule has 8 heteroatoms. The molecule has 2 aromatic heterocycles. The van der Waals surface area contributed by atoms with Crippen molar-refractivity contribution in [3.63, 3.8) is 0 Å². The van der Waals surface area contributed by atoms with Crippen LogP contribution in [0.15, 0.2) is 21.3 Å². The van der Waals surface area contributed by atoms with E-state index in [2.05, 4.69) is 47.4 Å². The molecule has 0 saturated heterocycles. The van der Waals surface area contributed by atoms with Crippen molar-refractivity contribution in [3.05, 3.63) is 32.7 Å². The van der Waals surface area contributed by atoms with Crippen LogP contribution in [0.2, 0.25) is 0 Å². The van der Waals surface area contributed by atoms with Crippen LogP contribution >= 0.6 is 31.9 Å². The third kappa shape index (κ3) is 3.49. The Balaban J connectivity index is 1.93. The highest BCUT2D eigenvalue weighted by molar-refractivity contribution is 9.10. The molecule has 0 fully saturated rings. The van der Waals surface area contributed by atoms with Gasteiger partial charge in [-0.3, -0.25) is 14.2 Å². The maximum Gasteiger partial charge on any atom is 0.242 e. The summed E-state index contributed by atoms with van der Waals surface area (Å²) in [6.45, 7) is 5.30. The maximum atomic E-state index is 11.9. The quantitative estimate of drug-likeness (QED) is 0.831. The van der Waals surface area contributed by atoms with Crippen LogP contribution in [0.25, 0.3) is 0 Å². The molecular weight excluding hydrogens is 390 g/mol. The highest BCUT2D eigenvalue weighted by atomic mass is 79.9. The van der Waals surface area contributed by atoms with Gasteiger partial charge in [0.15, 0.2) is 0 Å². The number of halogens is 2. The van der Waals surface area contributed by atoms with E-state index in [-0.39, 0.29) is 12.5 Å². The Kier molecular flexibility index (Phi) is 4.98. The van der Waals surface area contributed by atoms with E-state index in [4.69, 9.17) is 0 Å². The first kappa shape index (κ1) is 15.2. The molecule has 0 aliphatic rings. The first-order chi connectivity index (χ1) is 9.51. The summed E-state index contributed by atoms with van der Waals surface area (Å²) in [5.74, 6) is -0.0873. The van der Waals surface area contributed by atoms with Crippen LogP contribution in [-0.4, -0.2) is 25.5 Å². The molecule has 2 aromatic rings. The van der Waals surface area contributed by atoms with Gasteiger partial charge in [0.2, 0.25) is 5.91 Å². The minimum Gasteiger partial charge on any atom is -0.349 e. The number of carbonyl (C=O) groups excluding carboxylic acids is 1. The molecule has 0 aliphatic heterocycles. The second kappa shape index (κ2) is 6.53. The lowest BCUT2D eigenvalue weighted by Crippen LogP contribution is -2.28. The number of hydrogen-bond donors (Lipinski definition) is 1. The second-order valence-electron chi connectivity index (χ2n) is 4.29. The van der Waals surface area contributed by atoms with Gasteiger partial charge in [-0.15, -0.1) is 0 Å². The summed E-state index contributed by atoms with van der Waals surface area (Å²) in [5, 5.41) is 11.3. The van der Waals surface area contributed by atoms with Gasteiger partial charge in [0.25, 0.3) is 0 Å². The smallest absolute Gasteiger partial charge is 0.242 e. The summed E-state index contributed by atoms with van der Waals surface area (Å²) in [4.78, 5) is 11.9. The van der Waals surface area contributed by atoms with Gasteiger partial charge < -0.3 is 5.32 Å². The van der Waals surface area contributed by atoms with Gasteiger partial charge in [-0.25, -0.2) is 0 Å². The Morgan fingerprint density at radius 3 is 2.75 bits per heavy atom. The molecule has 0 saturated carbocycles. The third-order valence-electron chi connectivity index (χ3n) is 2.84. The van der Waals surface area contributed by atoms with E-state index in [0.717, 1.165) is 26.9 Å². The number of nitrogens with one attached hydrogen (secondary N) is 1. The van der Waals surface area contributed by atoms with Gasteiger partial charge in [0, 0.05) is 12.7 Å². The Labute approximate surface area is 133 Å². The van der Waals surface area contributed by atoms with Crippen LogP contribution in [0.1, 0.15) is 18.3 Å². The zero-order valence-electron chi connectivity index (χ0n) is 11.2. The lowest BCUT2D eigenvalue weighted by Gasteiger charge is -2.08. The van der Waals surface area contributed by atoms with Crippen LogP contribution in [-0.2, 0) is 24.4 Å². The van der Waals surface area contributed by atoms with E-state index in [0.29, 0.717) is 6.54 Å². The van der Waals surface area contributed by atoms with Gasteiger partial charge in [-0.2, -0.15) is 10.2 Å². The van der Waals surface area contributed by atoms with Crippen molar-refractivity contribution in [2.45, 2.75) is 33.5 Å². The standard InChI is InChI=1S/C12H15Br2N5O/c1-3-19-11(9(13)4-16-19)5-15-12(20)7-18-6-10(14)8(2)17-18/h4,6H,3,5,7H2,1-2H3,(H,15,20). The van der Waals surface area contributed by atoms with E-state index in [9.17, 15) is 4.79 Å². The zero-order chi connectivity index (χ0) is 14.7. The summed E-state index contributed by atoms with van der Waals surface area (Å²) < 4.78 is 5.26. The van der Waals surface area contributed by atoms with E-state index >= 15 is 0 Å². The second-order valence-corrected chi connectivity index (χ2v) is 6.00. The van der Waals surface area contributed by atoms with Crippen molar-refractivity contribution in [1.29, 1.82) is 0 Å². The molecule has 0 radical (unpaired) electrons. The van der Waals surface area contributed by atoms with Gasteiger partial charge in [0.1, 0.15) is 6.54 Å². The number of aromatic nitrogens is 4. The van der Waals surface area contributed by atoms with E-state index in [1.807, 2.05) is 18.5 Å². The largest absolute Gasteiger partial charge is 0.349 e. The van der Waals surface area contributed by atoms with Crippen LogP contribution in [0.5, 0.6) is 0 Å². The van der Waals surface area contributed by atoms with Crippen molar-refractivity contribution in [3.8, 4) is 0 Å². The lowest BCUT2D eigenvalue weighted by molar-refractivity contribution is -0.122. The molecule has 0 unspecified atom stereocenters.